The lowest BCUT2D eigenvalue weighted by molar-refractivity contribution is 0.108. The largest absolute Gasteiger partial charge is 0.276 e. The van der Waals surface area contributed by atoms with Gasteiger partial charge in [0, 0.05) is 5.56 Å². The van der Waals surface area contributed by atoms with Crippen LogP contribution in [0.5, 0.6) is 0 Å². The van der Waals surface area contributed by atoms with Crippen LogP contribution in [0.25, 0.3) is 11.0 Å². The minimum atomic E-state index is -0.455. The van der Waals surface area contributed by atoms with E-state index in [9.17, 15) is 4.79 Å². The van der Waals surface area contributed by atoms with Gasteiger partial charge in [0.25, 0.3) is 5.24 Å². The fraction of sp³-hybridized carbons (Fsp3) is 0.462. The summed E-state index contributed by atoms with van der Waals surface area (Å²) < 4.78 is 2.00. The van der Waals surface area contributed by atoms with Gasteiger partial charge in [0.05, 0.1) is 11.6 Å². The molecule has 2 aromatic rings. The molecule has 0 bridgehead atoms. The molecule has 3 rings (SSSR count). The van der Waals surface area contributed by atoms with E-state index < -0.39 is 5.24 Å². The van der Waals surface area contributed by atoms with E-state index in [4.69, 9.17) is 11.6 Å². The van der Waals surface area contributed by atoms with Gasteiger partial charge in [-0.3, -0.25) is 4.79 Å². The van der Waals surface area contributed by atoms with E-state index in [0.717, 1.165) is 23.9 Å². The molecule has 0 unspecified atom stereocenters. The molecular weight excluding hydrogens is 250 g/mol. The van der Waals surface area contributed by atoms with Gasteiger partial charge in [0.15, 0.2) is 0 Å². The second-order valence-electron chi connectivity index (χ2n) is 4.80. The third-order valence-corrected chi connectivity index (χ3v) is 3.84. The maximum atomic E-state index is 11.1. The van der Waals surface area contributed by atoms with Crippen LogP contribution in [0.3, 0.4) is 0 Å². The Hall–Kier alpha value is -1.42. The maximum absolute atomic E-state index is 11.1. The van der Waals surface area contributed by atoms with Crippen molar-refractivity contribution >= 4 is 27.9 Å². The van der Waals surface area contributed by atoms with Crippen LogP contribution < -0.4 is 0 Å². The molecule has 18 heavy (non-hydrogen) atoms. The zero-order valence-electron chi connectivity index (χ0n) is 9.97. The maximum Gasteiger partial charge on any atom is 0.252 e. The number of carbonyl (C=O) groups is 1. The minimum Gasteiger partial charge on any atom is -0.276 e. The van der Waals surface area contributed by atoms with Crippen LogP contribution in [0.4, 0.5) is 0 Å². The quantitative estimate of drug-likeness (QED) is 0.781. The lowest BCUT2D eigenvalue weighted by Crippen LogP contribution is -2.14. The van der Waals surface area contributed by atoms with Crippen LogP contribution in [0, 0.1) is 0 Å². The molecule has 0 atom stereocenters. The van der Waals surface area contributed by atoms with Gasteiger partial charge in [-0.1, -0.05) is 24.5 Å². The molecular formula is C13H14ClN3O. The Bertz CT molecular complexity index is 587. The number of rotatable bonds is 2. The Kier molecular flexibility index (Phi) is 3.04. The van der Waals surface area contributed by atoms with E-state index in [2.05, 4.69) is 10.3 Å². The van der Waals surface area contributed by atoms with Crippen LogP contribution in [0.1, 0.15) is 48.5 Å². The number of hydrogen-bond donors (Lipinski definition) is 0. The monoisotopic (exact) mass is 263 g/mol. The highest BCUT2D eigenvalue weighted by atomic mass is 35.5. The molecule has 0 radical (unpaired) electrons. The average molecular weight is 264 g/mol. The summed E-state index contributed by atoms with van der Waals surface area (Å²) in [7, 11) is 0. The first-order chi connectivity index (χ1) is 8.75. The number of halogens is 1. The summed E-state index contributed by atoms with van der Waals surface area (Å²) in [6.45, 7) is 0. The van der Waals surface area contributed by atoms with E-state index in [-0.39, 0.29) is 0 Å². The normalized spacial score (nSPS) is 17.2. The van der Waals surface area contributed by atoms with Crippen LogP contribution in [0.15, 0.2) is 18.2 Å². The highest BCUT2D eigenvalue weighted by molar-refractivity contribution is 6.67. The number of benzene rings is 1. The average Bonchev–Trinajstić information content (AvgIpc) is 2.82. The summed E-state index contributed by atoms with van der Waals surface area (Å²) in [6, 6.07) is 5.78. The number of hydrogen-bond acceptors (Lipinski definition) is 3. The van der Waals surface area contributed by atoms with Crippen LogP contribution >= 0.6 is 11.6 Å². The molecule has 1 aliphatic rings. The molecule has 4 nitrogen and oxygen atoms in total. The van der Waals surface area contributed by atoms with E-state index in [0.29, 0.717) is 11.6 Å². The van der Waals surface area contributed by atoms with Crippen molar-refractivity contribution in [3.05, 3.63) is 23.8 Å². The smallest absolute Gasteiger partial charge is 0.252 e. The van der Waals surface area contributed by atoms with E-state index in [1.165, 1.54) is 19.3 Å². The van der Waals surface area contributed by atoms with Crippen molar-refractivity contribution < 1.29 is 4.79 Å². The summed E-state index contributed by atoms with van der Waals surface area (Å²) >= 11 is 5.47. The minimum absolute atomic E-state index is 0.446. The first-order valence-electron chi connectivity index (χ1n) is 6.30. The number of carbonyl (C=O) groups excluding carboxylic acids is 1. The van der Waals surface area contributed by atoms with Crippen LogP contribution in [0.2, 0.25) is 0 Å². The highest BCUT2D eigenvalue weighted by Crippen LogP contribution is 2.29. The number of aromatic nitrogens is 3. The lowest BCUT2D eigenvalue weighted by atomic mass is 9.95. The van der Waals surface area contributed by atoms with Gasteiger partial charge in [0.2, 0.25) is 0 Å². The third-order valence-electron chi connectivity index (χ3n) is 3.62. The molecule has 0 spiro atoms. The van der Waals surface area contributed by atoms with Crippen molar-refractivity contribution in [2.24, 2.45) is 0 Å². The topological polar surface area (TPSA) is 47.8 Å². The van der Waals surface area contributed by atoms with Crippen molar-refractivity contribution in [2.75, 3.05) is 0 Å². The summed E-state index contributed by atoms with van der Waals surface area (Å²) in [5.41, 5.74) is 2.20. The molecule has 1 aromatic carbocycles. The van der Waals surface area contributed by atoms with Crippen molar-refractivity contribution in [1.82, 2.24) is 15.0 Å². The molecule has 0 N–H and O–H groups in total. The van der Waals surface area contributed by atoms with E-state index in [1.807, 2.05) is 10.7 Å². The van der Waals surface area contributed by atoms with Gasteiger partial charge < -0.3 is 0 Å². The molecule has 0 saturated heterocycles. The highest BCUT2D eigenvalue weighted by Gasteiger charge is 2.19. The Morgan fingerprint density at radius 3 is 2.78 bits per heavy atom. The summed E-state index contributed by atoms with van der Waals surface area (Å²) in [6.07, 6.45) is 6.14. The van der Waals surface area contributed by atoms with Crippen molar-refractivity contribution in [3.8, 4) is 0 Å². The Labute approximate surface area is 110 Å². The van der Waals surface area contributed by atoms with Gasteiger partial charge in [0.1, 0.15) is 5.52 Å². The zero-order chi connectivity index (χ0) is 12.5. The molecule has 1 heterocycles. The Morgan fingerprint density at radius 2 is 2.06 bits per heavy atom. The van der Waals surface area contributed by atoms with Gasteiger partial charge in [-0.2, -0.15) is 0 Å². The zero-order valence-corrected chi connectivity index (χ0v) is 10.7. The molecule has 1 aliphatic carbocycles. The predicted molar refractivity (Wildman–Crippen MR) is 69.8 cm³/mol. The molecule has 5 heteroatoms. The first kappa shape index (κ1) is 11.7. The van der Waals surface area contributed by atoms with Crippen molar-refractivity contribution in [1.29, 1.82) is 0 Å². The van der Waals surface area contributed by atoms with Gasteiger partial charge in [-0.15, -0.1) is 5.10 Å². The molecule has 0 amide bonds. The van der Waals surface area contributed by atoms with Crippen molar-refractivity contribution in [2.45, 2.75) is 38.1 Å². The molecule has 1 saturated carbocycles. The second-order valence-corrected chi connectivity index (χ2v) is 5.15. The van der Waals surface area contributed by atoms with Crippen molar-refractivity contribution in [3.63, 3.8) is 0 Å². The molecule has 0 aliphatic heterocycles. The lowest BCUT2D eigenvalue weighted by Gasteiger charge is -2.21. The number of fused-ring (bicyclic) bond motifs is 1. The summed E-state index contributed by atoms with van der Waals surface area (Å²) in [5, 5.41) is 7.92. The molecule has 1 aromatic heterocycles. The van der Waals surface area contributed by atoms with E-state index in [1.54, 1.807) is 12.1 Å². The van der Waals surface area contributed by atoms with Crippen LogP contribution in [-0.4, -0.2) is 20.2 Å². The second kappa shape index (κ2) is 4.69. The van der Waals surface area contributed by atoms with Gasteiger partial charge >= 0.3 is 0 Å². The Balaban J connectivity index is 2.01. The SMILES string of the molecule is O=C(Cl)c1ccc2c(c1)nnn2C1CCCCC1. The fourth-order valence-corrected chi connectivity index (χ4v) is 2.78. The van der Waals surface area contributed by atoms with Crippen LogP contribution in [-0.2, 0) is 0 Å². The van der Waals surface area contributed by atoms with Gasteiger partial charge in [-0.25, -0.2) is 4.68 Å². The standard InChI is InChI=1S/C13H14ClN3O/c14-13(18)9-6-7-12-11(8-9)15-16-17(12)10-4-2-1-3-5-10/h6-8,10H,1-5H2. The predicted octanol–water partition coefficient (Wildman–Crippen LogP) is 3.32. The Morgan fingerprint density at radius 1 is 1.28 bits per heavy atom. The summed E-state index contributed by atoms with van der Waals surface area (Å²) in [5.74, 6) is 0. The number of nitrogens with zero attached hydrogens (tertiary/aromatic N) is 3. The fourth-order valence-electron chi connectivity index (χ4n) is 2.66. The molecule has 1 fully saturated rings. The summed E-state index contributed by atoms with van der Waals surface area (Å²) in [4.78, 5) is 11.1. The first-order valence-corrected chi connectivity index (χ1v) is 6.68. The van der Waals surface area contributed by atoms with E-state index >= 15 is 0 Å². The molecule has 94 valence electrons. The van der Waals surface area contributed by atoms with Gasteiger partial charge in [-0.05, 0) is 42.6 Å². The third kappa shape index (κ3) is 2.01.